The fraction of sp³-hybridized carbons (Fsp3) is 0.552. The largest absolute Gasteiger partial charge is 0.456 e. The van der Waals surface area contributed by atoms with Crippen LogP contribution >= 0.6 is 33.3 Å². The summed E-state index contributed by atoms with van der Waals surface area (Å²) in [4.78, 5) is 68.0. The summed E-state index contributed by atoms with van der Waals surface area (Å²) in [5, 5.41) is 44.0. The van der Waals surface area contributed by atoms with Crippen molar-refractivity contribution in [1.82, 2.24) is 19.6 Å². The zero-order chi connectivity index (χ0) is 33.6. The minimum Gasteiger partial charge on any atom is -0.456 e. The van der Waals surface area contributed by atoms with E-state index in [4.69, 9.17) is 4.74 Å². The molecule has 0 bridgehead atoms. The van der Waals surface area contributed by atoms with E-state index in [-0.39, 0.29) is 12.8 Å². The fourth-order valence-electron chi connectivity index (χ4n) is 7.32. The zero-order valence-corrected chi connectivity index (χ0v) is 27.8. The molecule has 0 aromatic heterocycles. The summed E-state index contributed by atoms with van der Waals surface area (Å²) < 4.78 is 5.44. The van der Waals surface area contributed by atoms with E-state index >= 15 is 0 Å². The third-order valence-corrected chi connectivity index (χ3v) is 14.6. The number of thioether (sulfide) groups is 1. The van der Waals surface area contributed by atoms with Crippen molar-refractivity contribution in [2.75, 3.05) is 33.6 Å². The van der Waals surface area contributed by atoms with Crippen molar-refractivity contribution in [2.45, 2.75) is 64.4 Å². The van der Waals surface area contributed by atoms with E-state index < -0.39 is 87.4 Å². The van der Waals surface area contributed by atoms with Gasteiger partial charge in [-0.3, -0.25) is 28.9 Å². The number of carbonyl (C=O) groups excluding carboxylic acids is 5. The number of hydrogen-bond acceptors (Lipinski definition) is 13. The first-order valence-electron chi connectivity index (χ1n) is 14.4. The van der Waals surface area contributed by atoms with Crippen LogP contribution in [0.5, 0.6) is 0 Å². The fourth-order valence-corrected chi connectivity index (χ4v) is 11.6. The second-order valence-electron chi connectivity index (χ2n) is 12.0. The van der Waals surface area contributed by atoms with Crippen molar-refractivity contribution in [3.05, 3.63) is 47.6 Å². The van der Waals surface area contributed by atoms with Crippen molar-refractivity contribution in [1.29, 1.82) is 0 Å². The first-order chi connectivity index (χ1) is 21.7. The Balaban J connectivity index is 1.42. The number of likely N-dealkylation sites (N-methyl/N-ethyl adjacent to an activating group) is 2. The highest BCUT2D eigenvalue weighted by atomic mass is 33.1. The van der Waals surface area contributed by atoms with Crippen molar-refractivity contribution in [2.24, 2.45) is 0 Å². The molecule has 17 heteroatoms. The van der Waals surface area contributed by atoms with Crippen LogP contribution < -0.4 is 0 Å². The Morgan fingerprint density at radius 3 is 2.07 bits per heavy atom. The van der Waals surface area contributed by atoms with Gasteiger partial charge >= 0.3 is 5.97 Å². The van der Waals surface area contributed by atoms with Gasteiger partial charge in [0, 0.05) is 33.9 Å². The number of amides is 4. The third kappa shape index (κ3) is 4.12. The van der Waals surface area contributed by atoms with Crippen LogP contribution in [0.3, 0.4) is 0 Å². The van der Waals surface area contributed by atoms with E-state index in [0.717, 1.165) is 32.4 Å². The van der Waals surface area contributed by atoms with Crippen LogP contribution in [0.4, 0.5) is 0 Å². The Morgan fingerprint density at radius 2 is 1.46 bits per heavy atom. The number of carbonyl (C=O) groups is 5. The smallest absolute Gasteiger partial charge is 0.303 e. The molecule has 2 aliphatic carbocycles. The molecule has 0 aromatic carbocycles. The normalized spacial score (nSPS) is 39.7. The quantitative estimate of drug-likeness (QED) is 0.186. The van der Waals surface area contributed by atoms with Crippen molar-refractivity contribution in [3.63, 3.8) is 0 Å². The average Bonchev–Trinajstić information content (AvgIpc) is 3.54. The molecule has 0 saturated carbocycles. The standard InChI is InChI=1S/C29H34N4O10S3/c1-15(36)43-19-10-6-8-16-11-26(42)22(38)30(2)29(14-35,25(41)32(26)21(16)19)46-45-27-12-17-7-5-9-18(37)20(17)33(27)24(40)28(13-34,44-4)31(3)23(27)39/h5-10,18-21,34-35,37,42H,11-14H2,1-4H3. The van der Waals surface area contributed by atoms with Gasteiger partial charge in [-0.15, -0.1) is 11.8 Å². The van der Waals surface area contributed by atoms with Crippen LogP contribution in [0, 0.1) is 0 Å². The van der Waals surface area contributed by atoms with Gasteiger partial charge in [-0.2, -0.15) is 0 Å². The maximum atomic E-state index is 14.6. The van der Waals surface area contributed by atoms with Gasteiger partial charge in [0.25, 0.3) is 23.6 Å². The van der Waals surface area contributed by atoms with Gasteiger partial charge in [-0.05, 0) is 34.3 Å². The summed E-state index contributed by atoms with van der Waals surface area (Å²) in [6.45, 7) is -0.438. The monoisotopic (exact) mass is 694 g/mol. The lowest BCUT2D eigenvalue weighted by molar-refractivity contribution is -0.201. The van der Waals surface area contributed by atoms with Crippen LogP contribution in [0.1, 0.15) is 19.8 Å². The predicted octanol–water partition coefficient (Wildman–Crippen LogP) is -1.08. The van der Waals surface area contributed by atoms with Gasteiger partial charge in [0.05, 0.1) is 31.4 Å². The number of aliphatic hydroxyl groups excluding tert-OH is 3. The van der Waals surface area contributed by atoms with Crippen LogP contribution in [0.25, 0.3) is 0 Å². The maximum absolute atomic E-state index is 14.6. The van der Waals surface area contributed by atoms with Crippen molar-refractivity contribution in [3.8, 4) is 0 Å². The summed E-state index contributed by atoms with van der Waals surface area (Å²) in [5.41, 5.74) is -1.28. The molecule has 4 saturated heterocycles. The van der Waals surface area contributed by atoms with E-state index in [2.05, 4.69) is 0 Å². The minimum atomic E-state index is -2.33. The molecule has 0 radical (unpaired) electrons. The highest BCUT2D eigenvalue weighted by molar-refractivity contribution is 8.78. The molecule has 248 valence electrons. The molecular formula is C29H34N4O10S3. The Hall–Kier alpha value is -2.80. The van der Waals surface area contributed by atoms with Gasteiger partial charge in [0.2, 0.25) is 10.6 Å². The number of allylic oxidation sites excluding steroid dienone is 4. The van der Waals surface area contributed by atoms with E-state index in [9.17, 15) is 44.4 Å². The molecule has 0 spiro atoms. The summed E-state index contributed by atoms with van der Waals surface area (Å²) >= 11 is 0.978. The Bertz CT molecular complexity index is 1550. The minimum absolute atomic E-state index is 0.0443. The van der Waals surface area contributed by atoms with E-state index in [0.29, 0.717) is 21.9 Å². The number of rotatable bonds is 7. The van der Waals surface area contributed by atoms with Crippen molar-refractivity contribution >= 4 is 62.9 Å². The molecule has 4 amide bonds. The maximum Gasteiger partial charge on any atom is 0.303 e. The molecule has 8 unspecified atom stereocenters. The molecule has 4 aliphatic heterocycles. The first-order valence-corrected chi connectivity index (χ1v) is 17.8. The Morgan fingerprint density at radius 1 is 0.870 bits per heavy atom. The molecule has 46 heavy (non-hydrogen) atoms. The molecular weight excluding hydrogens is 661 g/mol. The van der Waals surface area contributed by atoms with Gasteiger partial charge in [-0.25, -0.2) is 0 Å². The summed E-state index contributed by atoms with van der Waals surface area (Å²) in [6.07, 6.45) is 8.70. The number of aliphatic hydroxyl groups is 4. The van der Waals surface area contributed by atoms with Gasteiger partial charge < -0.3 is 39.9 Å². The topological polar surface area (TPSA) is 188 Å². The van der Waals surface area contributed by atoms with Crippen molar-refractivity contribution < 1.29 is 49.1 Å². The lowest BCUT2D eigenvalue weighted by Gasteiger charge is -2.55. The van der Waals surface area contributed by atoms with Crippen LogP contribution in [0.15, 0.2) is 47.6 Å². The highest BCUT2D eigenvalue weighted by Crippen LogP contribution is 2.60. The number of esters is 1. The van der Waals surface area contributed by atoms with Gasteiger partial charge in [0.15, 0.2) is 9.74 Å². The van der Waals surface area contributed by atoms with E-state index in [1.54, 1.807) is 30.6 Å². The highest BCUT2D eigenvalue weighted by Gasteiger charge is 2.72. The number of nitrogens with zero attached hydrogens (tertiary/aromatic N) is 4. The molecule has 6 aliphatic rings. The summed E-state index contributed by atoms with van der Waals surface area (Å²) in [7, 11) is 4.16. The van der Waals surface area contributed by atoms with Crippen LogP contribution in [0.2, 0.25) is 0 Å². The molecule has 14 nitrogen and oxygen atoms in total. The second-order valence-corrected chi connectivity index (χ2v) is 15.8. The molecule has 8 atom stereocenters. The number of ether oxygens (including phenoxy) is 1. The lowest BCUT2D eigenvalue weighted by Crippen LogP contribution is -2.76. The molecule has 4 heterocycles. The molecule has 0 aromatic rings. The molecule has 6 rings (SSSR count). The van der Waals surface area contributed by atoms with Crippen LogP contribution in [-0.4, -0.2) is 148 Å². The van der Waals surface area contributed by atoms with Crippen LogP contribution in [-0.2, 0) is 28.7 Å². The molecule has 4 N–H and O–H groups in total. The van der Waals surface area contributed by atoms with E-state index in [1.165, 1.54) is 43.0 Å². The lowest BCUT2D eigenvalue weighted by atomic mass is 9.96. The number of piperazine rings is 2. The zero-order valence-electron chi connectivity index (χ0n) is 25.4. The number of fused-ring (bicyclic) bond motifs is 6. The summed E-state index contributed by atoms with van der Waals surface area (Å²) in [6, 6.07) is -1.98. The molecule has 4 fully saturated rings. The average molecular weight is 695 g/mol. The van der Waals surface area contributed by atoms with Gasteiger partial charge in [-0.1, -0.05) is 41.2 Å². The van der Waals surface area contributed by atoms with Gasteiger partial charge in [0.1, 0.15) is 6.10 Å². The first kappa shape index (κ1) is 33.1. The summed E-state index contributed by atoms with van der Waals surface area (Å²) in [5.74, 6) is -3.61. The number of hydrogen-bond donors (Lipinski definition) is 4. The van der Waals surface area contributed by atoms with E-state index in [1.807, 2.05) is 0 Å². The Kier molecular flexibility index (Phi) is 8.02. The second kappa shape index (κ2) is 11.1. The SMILES string of the molecule is CSC1(CO)C(=O)N2C3C(=CC=CC3O)CC2(SSC2(CO)C(=O)N3C4C(=CC=CC4OC(C)=O)CC3(O)C(=O)N2C)C(=O)N1C. The predicted molar refractivity (Wildman–Crippen MR) is 168 cm³/mol. The Labute approximate surface area is 276 Å². The third-order valence-electron chi connectivity index (χ3n) is 9.72.